The second-order valence-electron chi connectivity index (χ2n) is 4.68. The number of rotatable bonds is 7. The first-order valence-electron chi connectivity index (χ1n) is 7.25. The lowest BCUT2D eigenvalue weighted by Gasteiger charge is -2.05. The summed E-state index contributed by atoms with van der Waals surface area (Å²) in [4.78, 5) is 19.9. The quantitative estimate of drug-likeness (QED) is 0.478. The zero-order valence-electron chi connectivity index (χ0n) is 12.9. The third kappa shape index (κ3) is 6.52. The van der Waals surface area contributed by atoms with E-state index in [0.29, 0.717) is 13.0 Å². The second kappa shape index (κ2) is 9.63. The second-order valence-corrected chi connectivity index (χ2v) is 5.46. The molecule has 1 N–H and O–H groups in total. The maximum absolute atomic E-state index is 11.5. The van der Waals surface area contributed by atoms with Crippen LogP contribution >= 0.6 is 11.8 Å². The van der Waals surface area contributed by atoms with Crippen molar-refractivity contribution in [3.63, 3.8) is 0 Å². The zero-order chi connectivity index (χ0) is 16.3. The molecule has 6 heteroatoms. The van der Waals surface area contributed by atoms with Gasteiger partial charge in [0, 0.05) is 24.5 Å². The molecule has 5 nitrogen and oxygen atoms in total. The van der Waals surface area contributed by atoms with Crippen LogP contribution in [0.3, 0.4) is 0 Å². The Morgan fingerprint density at radius 3 is 2.70 bits per heavy atom. The van der Waals surface area contributed by atoms with E-state index in [1.165, 1.54) is 11.8 Å². The molecule has 0 spiro atoms. The fourth-order valence-corrected chi connectivity index (χ4v) is 2.09. The van der Waals surface area contributed by atoms with E-state index in [-0.39, 0.29) is 6.61 Å². The Balaban J connectivity index is 1.62. The summed E-state index contributed by atoms with van der Waals surface area (Å²) in [5, 5.41) is 3.47. The summed E-state index contributed by atoms with van der Waals surface area (Å²) in [6.45, 7) is 0.801. The molecule has 0 bridgehead atoms. The summed E-state index contributed by atoms with van der Waals surface area (Å²) < 4.78 is 5.12. The van der Waals surface area contributed by atoms with E-state index in [1.807, 2.05) is 48.7 Å². The molecule has 0 aliphatic carbocycles. The number of carbonyl (C=O) groups excluding carboxylic acids is 1. The van der Waals surface area contributed by atoms with Gasteiger partial charge in [0.15, 0.2) is 5.16 Å². The number of hydrogen-bond donors (Lipinski definition) is 1. The van der Waals surface area contributed by atoms with Gasteiger partial charge in [-0.25, -0.2) is 14.8 Å². The van der Waals surface area contributed by atoms with Gasteiger partial charge in [0.05, 0.1) is 0 Å². The summed E-state index contributed by atoms with van der Waals surface area (Å²) in [5.41, 5.74) is 1.91. The summed E-state index contributed by atoms with van der Waals surface area (Å²) in [7, 11) is 0. The third-order valence-corrected chi connectivity index (χ3v) is 3.51. The zero-order valence-corrected chi connectivity index (χ0v) is 13.8. The van der Waals surface area contributed by atoms with Crippen molar-refractivity contribution in [2.75, 3.05) is 12.8 Å². The van der Waals surface area contributed by atoms with Crippen LogP contribution in [0.25, 0.3) is 6.08 Å². The molecule has 0 saturated carbocycles. The predicted octanol–water partition coefficient (Wildman–Crippen LogP) is 3.53. The topological polar surface area (TPSA) is 64.1 Å². The van der Waals surface area contributed by atoms with Crippen molar-refractivity contribution in [3.8, 4) is 0 Å². The minimum atomic E-state index is -0.407. The average molecular weight is 329 g/mol. The lowest BCUT2D eigenvalue weighted by Crippen LogP contribution is -2.24. The molecule has 0 fully saturated rings. The Morgan fingerprint density at radius 1 is 1.26 bits per heavy atom. The highest BCUT2D eigenvalue weighted by molar-refractivity contribution is 7.98. The Bertz CT molecular complexity index is 630. The first kappa shape index (κ1) is 17.0. The number of aromatic nitrogens is 2. The van der Waals surface area contributed by atoms with Gasteiger partial charge in [0.2, 0.25) is 0 Å². The van der Waals surface area contributed by atoms with Gasteiger partial charge >= 0.3 is 6.09 Å². The molecule has 2 rings (SSSR count). The first-order valence-corrected chi connectivity index (χ1v) is 8.47. The molecule has 120 valence electrons. The Labute approximate surface area is 140 Å². The monoisotopic (exact) mass is 329 g/mol. The largest absolute Gasteiger partial charge is 0.445 e. The molecule has 1 aromatic carbocycles. The Morgan fingerprint density at radius 2 is 2.00 bits per heavy atom. The minimum absolute atomic E-state index is 0.279. The minimum Gasteiger partial charge on any atom is -0.445 e. The number of carbonyl (C=O) groups is 1. The molecule has 0 unspecified atom stereocenters. The average Bonchev–Trinajstić information content (AvgIpc) is 2.61. The Kier molecular flexibility index (Phi) is 7.13. The number of ether oxygens (including phenoxy) is 1. The summed E-state index contributed by atoms with van der Waals surface area (Å²) in [6.07, 6.45) is 9.69. The number of nitrogens with zero attached hydrogens (tertiary/aromatic N) is 2. The van der Waals surface area contributed by atoms with Crippen molar-refractivity contribution in [1.82, 2.24) is 15.3 Å². The molecule has 1 amide bonds. The molecule has 23 heavy (non-hydrogen) atoms. The fourth-order valence-electron chi connectivity index (χ4n) is 1.77. The van der Waals surface area contributed by atoms with E-state index in [4.69, 9.17) is 4.74 Å². The van der Waals surface area contributed by atoms with Gasteiger partial charge in [0.1, 0.15) is 6.61 Å². The lowest BCUT2D eigenvalue weighted by molar-refractivity contribution is 0.140. The number of alkyl carbamates (subject to hydrolysis) is 1. The van der Waals surface area contributed by atoms with Crippen LogP contribution in [-0.4, -0.2) is 28.9 Å². The van der Waals surface area contributed by atoms with Crippen LogP contribution in [0.15, 0.2) is 54.0 Å². The normalized spacial score (nSPS) is 10.7. The summed E-state index contributed by atoms with van der Waals surface area (Å²) in [6, 6.07) is 9.59. The van der Waals surface area contributed by atoms with Crippen molar-refractivity contribution in [2.24, 2.45) is 0 Å². The smallest absolute Gasteiger partial charge is 0.407 e. The van der Waals surface area contributed by atoms with E-state index < -0.39 is 6.09 Å². The van der Waals surface area contributed by atoms with Gasteiger partial charge in [-0.3, -0.25) is 0 Å². The number of hydrogen-bond acceptors (Lipinski definition) is 5. The molecule has 0 aliphatic rings. The highest BCUT2D eigenvalue weighted by Crippen LogP contribution is 2.08. The first-order chi connectivity index (χ1) is 11.3. The van der Waals surface area contributed by atoms with Gasteiger partial charge in [-0.2, -0.15) is 0 Å². The molecule has 0 saturated heterocycles. The van der Waals surface area contributed by atoms with Gasteiger partial charge in [0.25, 0.3) is 0 Å². The van der Waals surface area contributed by atoms with E-state index in [2.05, 4.69) is 15.3 Å². The molecule has 1 aromatic heterocycles. The van der Waals surface area contributed by atoms with Crippen molar-refractivity contribution in [1.29, 1.82) is 0 Å². The number of nitrogens with one attached hydrogen (secondary N) is 1. The van der Waals surface area contributed by atoms with Crippen molar-refractivity contribution < 1.29 is 9.53 Å². The highest BCUT2D eigenvalue weighted by atomic mass is 32.2. The molecular weight excluding hydrogens is 310 g/mol. The van der Waals surface area contributed by atoms with Crippen LogP contribution in [0.5, 0.6) is 0 Å². The van der Waals surface area contributed by atoms with E-state index >= 15 is 0 Å². The maximum Gasteiger partial charge on any atom is 0.407 e. The van der Waals surface area contributed by atoms with Crippen LogP contribution < -0.4 is 5.32 Å². The van der Waals surface area contributed by atoms with Gasteiger partial charge < -0.3 is 10.1 Å². The summed E-state index contributed by atoms with van der Waals surface area (Å²) >= 11 is 1.51. The molecule has 0 radical (unpaired) electrons. The summed E-state index contributed by atoms with van der Waals surface area (Å²) in [5.74, 6) is 0. The molecule has 1 heterocycles. The van der Waals surface area contributed by atoms with Gasteiger partial charge in [-0.1, -0.05) is 54.2 Å². The SMILES string of the molecule is CSc1ncc(C=CCCNC(=O)OCc2ccccc2)cn1. The van der Waals surface area contributed by atoms with Crippen molar-refractivity contribution in [3.05, 3.63) is 59.9 Å². The number of benzene rings is 1. The Hall–Kier alpha value is -2.34. The van der Waals surface area contributed by atoms with Crippen LogP contribution in [-0.2, 0) is 11.3 Å². The van der Waals surface area contributed by atoms with E-state index in [0.717, 1.165) is 16.3 Å². The van der Waals surface area contributed by atoms with Crippen LogP contribution in [0.1, 0.15) is 17.5 Å². The third-order valence-electron chi connectivity index (χ3n) is 2.93. The number of amides is 1. The van der Waals surface area contributed by atoms with E-state index in [9.17, 15) is 4.79 Å². The van der Waals surface area contributed by atoms with Crippen molar-refractivity contribution >= 4 is 23.9 Å². The molecule has 0 aliphatic heterocycles. The van der Waals surface area contributed by atoms with Crippen LogP contribution in [0.2, 0.25) is 0 Å². The maximum atomic E-state index is 11.5. The molecule has 2 aromatic rings. The standard InChI is InChI=1S/C17H19N3O2S/c1-23-16-19-11-15(12-20-16)9-5-6-10-18-17(21)22-13-14-7-3-2-4-8-14/h2-5,7-9,11-12H,6,10,13H2,1H3,(H,18,21). The van der Waals surface area contributed by atoms with Gasteiger partial charge in [-0.15, -0.1) is 0 Å². The highest BCUT2D eigenvalue weighted by Gasteiger charge is 2.00. The van der Waals surface area contributed by atoms with Crippen LogP contribution in [0, 0.1) is 0 Å². The van der Waals surface area contributed by atoms with Crippen LogP contribution in [0.4, 0.5) is 4.79 Å². The molecule has 0 atom stereocenters. The van der Waals surface area contributed by atoms with Gasteiger partial charge in [-0.05, 0) is 18.2 Å². The fraction of sp³-hybridized carbons (Fsp3) is 0.235. The molecular formula is C17H19N3O2S. The number of thioether (sulfide) groups is 1. The lowest BCUT2D eigenvalue weighted by atomic mass is 10.2. The van der Waals surface area contributed by atoms with Crippen molar-refractivity contribution in [2.45, 2.75) is 18.2 Å². The van der Waals surface area contributed by atoms with E-state index in [1.54, 1.807) is 12.4 Å². The predicted molar refractivity (Wildman–Crippen MR) is 92.1 cm³/mol.